The van der Waals surface area contributed by atoms with Crippen molar-refractivity contribution in [2.75, 3.05) is 19.6 Å². The van der Waals surface area contributed by atoms with Gasteiger partial charge in [-0.3, -0.25) is 4.79 Å². The van der Waals surface area contributed by atoms with Gasteiger partial charge in [0.1, 0.15) is 0 Å². The lowest BCUT2D eigenvalue weighted by Gasteiger charge is -2.18. The van der Waals surface area contributed by atoms with Gasteiger partial charge in [-0.05, 0) is 76.5 Å². The number of hydrogen-bond acceptors (Lipinski definition) is 5. The predicted molar refractivity (Wildman–Crippen MR) is 118 cm³/mol. The topological polar surface area (TPSA) is 92.8 Å². The van der Waals surface area contributed by atoms with Gasteiger partial charge in [0.15, 0.2) is 6.10 Å². The third-order valence-electron chi connectivity index (χ3n) is 5.92. The fourth-order valence-electron chi connectivity index (χ4n) is 3.96. The molecule has 31 heavy (non-hydrogen) atoms. The number of carbonyl (C=O) groups is 2. The second kappa shape index (κ2) is 10.4. The Morgan fingerprint density at radius 2 is 1.90 bits per heavy atom. The summed E-state index contributed by atoms with van der Waals surface area (Å²) in [7, 11) is -3.64. The number of hydrogen-bond donors (Lipinski definition) is 1. The average molecular weight is 449 g/mol. The highest BCUT2D eigenvalue weighted by Gasteiger charge is 2.29. The minimum Gasteiger partial charge on any atom is -0.449 e. The van der Waals surface area contributed by atoms with E-state index in [-0.39, 0.29) is 16.4 Å². The summed E-state index contributed by atoms with van der Waals surface area (Å²) in [4.78, 5) is 25.1. The van der Waals surface area contributed by atoms with E-state index in [1.54, 1.807) is 13.0 Å². The zero-order valence-corrected chi connectivity index (χ0v) is 19.2. The number of allylic oxidation sites excluding steroid dienone is 1. The number of ether oxygens (including phenoxy) is 1. The van der Waals surface area contributed by atoms with E-state index in [2.05, 4.69) is 11.4 Å². The van der Waals surface area contributed by atoms with Crippen LogP contribution >= 0.6 is 0 Å². The molecule has 1 unspecified atom stereocenters. The zero-order valence-electron chi connectivity index (χ0n) is 18.4. The third-order valence-corrected chi connectivity index (χ3v) is 7.81. The maximum atomic E-state index is 12.8. The van der Waals surface area contributed by atoms with E-state index in [1.165, 1.54) is 41.8 Å². The van der Waals surface area contributed by atoms with Gasteiger partial charge >= 0.3 is 5.97 Å². The number of benzene rings is 1. The first-order valence-corrected chi connectivity index (χ1v) is 12.5. The van der Waals surface area contributed by atoms with Crippen LogP contribution in [0.25, 0.3) is 0 Å². The Bertz CT molecular complexity index is 949. The monoisotopic (exact) mass is 448 g/mol. The Balaban J connectivity index is 1.60. The zero-order chi connectivity index (χ0) is 22.4. The van der Waals surface area contributed by atoms with Crippen LogP contribution in [0.1, 0.15) is 67.8 Å². The fourth-order valence-corrected chi connectivity index (χ4v) is 5.50. The number of sulfonamides is 1. The van der Waals surface area contributed by atoms with Gasteiger partial charge in [0.2, 0.25) is 10.0 Å². The van der Waals surface area contributed by atoms with Crippen molar-refractivity contribution in [3.63, 3.8) is 0 Å². The van der Waals surface area contributed by atoms with E-state index in [0.717, 1.165) is 32.1 Å². The molecule has 1 N–H and O–H groups in total. The Kier molecular flexibility index (Phi) is 7.89. The van der Waals surface area contributed by atoms with Crippen LogP contribution < -0.4 is 5.32 Å². The van der Waals surface area contributed by atoms with Gasteiger partial charge in [-0.1, -0.05) is 17.7 Å². The molecule has 0 radical (unpaired) electrons. The summed E-state index contributed by atoms with van der Waals surface area (Å²) in [5.41, 5.74) is 2.12. The second-order valence-electron chi connectivity index (χ2n) is 8.28. The Morgan fingerprint density at radius 1 is 1.16 bits per heavy atom. The van der Waals surface area contributed by atoms with Crippen molar-refractivity contribution in [3.05, 3.63) is 41.0 Å². The third kappa shape index (κ3) is 5.95. The smallest absolute Gasteiger partial charge is 0.339 e. The van der Waals surface area contributed by atoms with Crippen molar-refractivity contribution in [2.45, 2.75) is 69.8 Å². The highest BCUT2D eigenvalue weighted by molar-refractivity contribution is 7.89. The fraction of sp³-hybridized carbons (Fsp3) is 0.565. The van der Waals surface area contributed by atoms with Crippen LogP contribution in [-0.4, -0.2) is 50.3 Å². The standard InChI is InChI=1S/C23H32N2O5S/c1-17-10-11-20(31(28,29)25-14-6-7-15-25)16-21(17)23(27)30-18(2)22(26)24-13-12-19-8-4-3-5-9-19/h8,10-11,16,18H,3-7,9,12-15H2,1-2H3,(H,24,26). The number of rotatable bonds is 8. The van der Waals surface area contributed by atoms with Crippen molar-refractivity contribution < 1.29 is 22.7 Å². The largest absolute Gasteiger partial charge is 0.449 e. The van der Waals surface area contributed by atoms with Crippen molar-refractivity contribution >= 4 is 21.9 Å². The molecule has 1 aliphatic heterocycles. The van der Waals surface area contributed by atoms with Crippen molar-refractivity contribution in [1.29, 1.82) is 0 Å². The molecule has 0 saturated carbocycles. The van der Waals surface area contributed by atoms with Crippen molar-refractivity contribution in [3.8, 4) is 0 Å². The lowest BCUT2D eigenvalue weighted by atomic mass is 9.97. The van der Waals surface area contributed by atoms with Crippen LogP contribution in [0, 0.1) is 6.92 Å². The summed E-state index contributed by atoms with van der Waals surface area (Å²) in [6.07, 6.45) is 8.36. The molecule has 1 amide bonds. The molecule has 1 aliphatic carbocycles. The van der Waals surface area contributed by atoms with Gasteiger partial charge in [0, 0.05) is 19.6 Å². The van der Waals surface area contributed by atoms with Crippen LogP contribution in [-0.2, 0) is 19.6 Å². The molecule has 170 valence electrons. The number of carbonyl (C=O) groups excluding carboxylic acids is 2. The van der Waals surface area contributed by atoms with Crippen LogP contribution in [0.2, 0.25) is 0 Å². The normalized spacial score (nSPS) is 18.3. The summed E-state index contributed by atoms with van der Waals surface area (Å²) < 4.78 is 32.4. The minimum absolute atomic E-state index is 0.0739. The van der Waals surface area contributed by atoms with Crippen molar-refractivity contribution in [2.24, 2.45) is 0 Å². The van der Waals surface area contributed by atoms with Gasteiger partial charge in [-0.2, -0.15) is 4.31 Å². The summed E-state index contributed by atoms with van der Waals surface area (Å²) in [6.45, 7) is 4.72. The lowest BCUT2D eigenvalue weighted by Crippen LogP contribution is -2.36. The van der Waals surface area contributed by atoms with E-state index in [0.29, 0.717) is 25.2 Å². The van der Waals surface area contributed by atoms with Gasteiger partial charge in [-0.15, -0.1) is 0 Å². The molecule has 8 heteroatoms. The molecular formula is C23H32N2O5S. The first-order valence-electron chi connectivity index (χ1n) is 11.1. The molecule has 1 atom stereocenters. The number of aryl methyl sites for hydroxylation is 1. The summed E-state index contributed by atoms with van der Waals surface area (Å²) in [5, 5.41) is 2.81. The molecule has 2 aliphatic rings. The van der Waals surface area contributed by atoms with Gasteiger partial charge in [0.05, 0.1) is 10.5 Å². The van der Waals surface area contributed by atoms with Crippen LogP contribution in [0.5, 0.6) is 0 Å². The Morgan fingerprint density at radius 3 is 2.58 bits per heavy atom. The molecule has 3 rings (SSSR count). The number of esters is 1. The van der Waals surface area contributed by atoms with Crippen LogP contribution in [0.3, 0.4) is 0 Å². The maximum absolute atomic E-state index is 12.8. The van der Waals surface area contributed by atoms with Crippen LogP contribution in [0.4, 0.5) is 0 Å². The summed E-state index contributed by atoms with van der Waals surface area (Å²) in [6, 6.07) is 4.46. The van der Waals surface area contributed by atoms with E-state index in [4.69, 9.17) is 4.74 Å². The SMILES string of the molecule is Cc1ccc(S(=O)(=O)N2CCCC2)cc1C(=O)OC(C)C(=O)NCCC1=CCCCC1. The number of nitrogens with zero attached hydrogens (tertiary/aromatic N) is 1. The van der Waals surface area contributed by atoms with Crippen molar-refractivity contribution in [1.82, 2.24) is 9.62 Å². The van der Waals surface area contributed by atoms with E-state index in [1.807, 2.05) is 0 Å². The summed E-state index contributed by atoms with van der Waals surface area (Å²) in [5.74, 6) is -1.06. The quantitative estimate of drug-likeness (QED) is 0.486. The number of amides is 1. The molecule has 1 aromatic rings. The predicted octanol–water partition coefficient (Wildman–Crippen LogP) is 3.33. The van der Waals surface area contributed by atoms with E-state index >= 15 is 0 Å². The Labute approximate surface area is 184 Å². The maximum Gasteiger partial charge on any atom is 0.339 e. The highest BCUT2D eigenvalue weighted by Crippen LogP contribution is 2.24. The van der Waals surface area contributed by atoms with Gasteiger partial charge < -0.3 is 10.1 Å². The molecule has 0 aromatic heterocycles. The molecule has 1 saturated heterocycles. The molecule has 1 fully saturated rings. The molecule has 0 spiro atoms. The van der Waals surface area contributed by atoms with Gasteiger partial charge in [-0.25, -0.2) is 13.2 Å². The van der Waals surface area contributed by atoms with E-state index in [9.17, 15) is 18.0 Å². The van der Waals surface area contributed by atoms with E-state index < -0.39 is 22.1 Å². The van der Waals surface area contributed by atoms with Gasteiger partial charge in [0.25, 0.3) is 5.91 Å². The molecular weight excluding hydrogens is 416 g/mol. The van der Waals surface area contributed by atoms with Crippen LogP contribution in [0.15, 0.2) is 34.7 Å². The molecule has 1 heterocycles. The molecule has 7 nitrogen and oxygen atoms in total. The highest BCUT2D eigenvalue weighted by atomic mass is 32.2. The first-order chi connectivity index (χ1) is 14.8. The average Bonchev–Trinajstić information content (AvgIpc) is 3.30. The second-order valence-corrected chi connectivity index (χ2v) is 10.2. The lowest BCUT2D eigenvalue weighted by molar-refractivity contribution is -0.129. The Hall–Kier alpha value is -2.19. The minimum atomic E-state index is -3.64. The first kappa shape index (κ1) is 23.5. The molecule has 0 bridgehead atoms. The molecule has 1 aromatic carbocycles. The number of nitrogens with one attached hydrogen (secondary N) is 1. The summed E-state index contributed by atoms with van der Waals surface area (Å²) >= 11 is 0.